The number of nitrogens with zero attached hydrogens (tertiary/aromatic N) is 4. The van der Waals surface area contributed by atoms with Crippen molar-refractivity contribution in [2.24, 2.45) is 4.99 Å². The number of hydrogen-bond acceptors (Lipinski definition) is 4. The molecule has 6 nitrogen and oxygen atoms in total. The van der Waals surface area contributed by atoms with Crippen LogP contribution in [0.25, 0.3) is 0 Å². The normalized spacial score (nSPS) is 14.9. The summed E-state index contributed by atoms with van der Waals surface area (Å²) in [6.45, 7) is 12.2. The maximum atomic E-state index is 13.5. The Morgan fingerprint density at radius 2 is 1.79 bits per heavy atom. The third kappa shape index (κ3) is 8.89. The average Bonchev–Trinajstić information content (AvgIpc) is 2.79. The second kappa shape index (κ2) is 13.8. The summed E-state index contributed by atoms with van der Waals surface area (Å²) in [5.41, 5.74) is 1.48. The van der Waals surface area contributed by atoms with Crippen LogP contribution in [0, 0.1) is 11.3 Å². The number of alkyl halides is 2. The zero-order valence-corrected chi connectivity index (χ0v) is 19.8. The van der Waals surface area contributed by atoms with Gasteiger partial charge in [-0.2, -0.15) is 5.26 Å². The monoisotopic (exact) mass is 457 g/mol. The lowest BCUT2D eigenvalue weighted by Crippen LogP contribution is -2.51. The SMILES string of the molecule is C=CC(=O)N1CCN(C(=N\C=C/C)/C(=C/CC)Nc2ccc(C(C)(F)F)cc2)CC1.CC#N. The topological polar surface area (TPSA) is 71.7 Å². The van der Waals surface area contributed by atoms with Crippen LogP contribution in [-0.4, -0.2) is 47.7 Å². The molecule has 0 bridgehead atoms. The molecule has 0 radical (unpaired) electrons. The van der Waals surface area contributed by atoms with Gasteiger partial charge in [0.2, 0.25) is 5.91 Å². The van der Waals surface area contributed by atoms with Gasteiger partial charge < -0.3 is 15.1 Å². The molecule has 1 N–H and O–H groups in total. The molecule has 1 amide bonds. The molecule has 1 aromatic carbocycles. The van der Waals surface area contributed by atoms with Crippen LogP contribution in [0.3, 0.4) is 0 Å². The number of carbonyl (C=O) groups is 1. The molecule has 1 aliphatic rings. The van der Waals surface area contributed by atoms with Gasteiger partial charge in [0.1, 0.15) is 0 Å². The Bertz CT molecular complexity index is 900. The van der Waals surface area contributed by atoms with E-state index in [0.717, 1.165) is 24.9 Å². The highest BCUT2D eigenvalue weighted by molar-refractivity contribution is 6.01. The molecule has 0 unspecified atom stereocenters. The number of rotatable bonds is 7. The van der Waals surface area contributed by atoms with E-state index in [2.05, 4.69) is 21.8 Å². The second-order valence-corrected chi connectivity index (χ2v) is 7.29. The fraction of sp³-hybridized carbons (Fsp3) is 0.400. The maximum Gasteiger partial charge on any atom is 0.270 e. The molecule has 8 heteroatoms. The molecular formula is C25H33F2N5O. The van der Waals surface area contributed by atoms with Crippen molar-refractivity contribution in [2.75, 3.05) is 31.5 Å². The van der Waals surface area contributed by atoms with Gasteiger partial charge in [0.25, 0.3) is 5.92 Å². The molecule has 1 aliphatic heterocycles. The largest absolute Gasteiger partial charge is 0.353 e. The van der Waals surface area contributed by atoms with Crippen LogP contribution in [-0.2, 0) is 10.7 Å². The Balaban J connectivity index is 0.00000172. The molecule has 0 aromatic heterocycles. The summed E-state index contributed by atoms with van der Waals surface area (Å²) >= 11 is 0. The molecule has 0 saturated carbocycles. The third-order valence-corrected chi connectivity index (χ3v) is 4.73. The quantitative estimate of drug-likeness (QED) is 0.343. The van der Waals surface area contributed by atoms with Crippen molar-refractivity contribution < 1.29 is 13.6 Å². The first kappa shape index (κ1) is 27.6. The minimum atomic E-state index is -2.87. The van der Waals surface area contributed by atoms with Gasteiger partial charge in [-0.05, 0) is 31.6 Å². The highest BCUT2D eigenvalue weighted by atomic mass is 19.3. The number of benzene rings is 1. The number of amidine groups is 1. The molecule has 1 saturated heterocycles. The lowest BCUT2D eigenvalue weighted by molar-refractivity contribution is -0.127. The lowest BCUT2D eigenvalue weighted by atomic mass is 10.1. The summed E-state index contributed by atoms with van der Waals surface area (Å²) in [5, 5.41) is 10.6. The van der Waals surface area contributed by atoms with Gasteiger partial charge in [-0.3, -0.25) is 4.79 Å². The fourth-order valence-electron chi connectivity index (χ4n) is 3.14. The number of allylic oxidation sites excluding steroid dienone is 2. The Kier molecular flexibility index (Phi) is 11.6. The molecule has 0 atom stereocenters. The Morgan fingerprint density at radius 1 is 1.24 bits per heavy atom. The second-order valence-electron chi connectivity index (χ2n) is 7.29. The van der Waals surface area contributed by atoms with E-state index in [4.69, 9.17) is 5.26 Å². The maximum absolute atomic E-state index is 13.5. The van der Waals surface area contributed by atoms with Crippen molar-refractivity contribution in [3.05, 3.63) is 66.5 Å². The summed E-state index contributed by atoms with van der Waals surface area (Å²) in [5.74, 6) is -2.19. The summed E-state index contributed by atoms with van der Waals surface area (Å²) in [6, 6.07) is 7.89. The standard InChI is InChI=1S/C23H30F2N4O.C2H3N/c1-5-8-20(27-19-11-9-18(10-12-19)23(4,24)25)22(26-13-6-2)29-16-14-28(15-17-29)21(30)7-3;1-2-3/h6-13,27H,3,5,14-17H2,1-2,4H3;1H3/b13-6-,20-8-,26-22-;. The van der Waals surface area contributed by atoms with Crippen LogP contribution in [0.5, 0.6) is 0 Å². The van der Waals surface area contributed by atoms with Crippen molar-refractivity contribution in [1.82, 2.24) is 9.80 Å². The third-order valence-electron chi connectivity index (χ3n) is 4.73. The van der Waals surface area contributed by atoms with Gasteiger partial charge in [0.05, 0.1) is 11.8 Å². The van der Waals surface area contributed by atoms with Crippen LogP contribution < -0.4 is 5.32 Å². The lowest BCUT2D eigenvalue weighted by Gasteiger charge is -2.36. The van der Waals surface area contributed by atoms with E-state index in [1.807, 2.05) is 26.0 Å². The van der Waals surface area contributed by atoms with E-state index in [0.29, 0.717) is 31.9 Å². The fourth-order valence-corrected chi connectivity index (χ4v) is 3.14. The Labute approximate surface area is 195 Å². The number of nitrogens with one attached hydrogen (secondary N) is 1. The number of anilines is 1. The van der Waals surface area contributed by atoms with Crippen molar-refractivity contribution in [1.29, 1.82) is 5.26 Å². The van der Waals surface area contributed by atoms with E-state index in [1.54, 1.807) is 29.3 Å². The van der Waals surface area contributed by atoms with Gasteiger partial charge in [-0.1, -0.05) is 37.8 Å². The summed E-state index contributed by atoms with van der Waals surface area (Å²) in [4.78, 5) is 20.4. The zero-order chi connectivity index (χ0) is 24.9. The molecule has 1 aromatic rings. The van der Waals surface area contributed by atoms with E-state index >= 15 is 0 Å². The van der Waals surface area contributed by atoms with Gasteiger partial charge in [-0.25, -0.2) is 13.8 Å². The number of amides is 1. The van der Waals surface area contributed by atoms with Crippen molar-refractivity contribution >= 4 is 17.4 Å². The van der Waals surface area contributed by atoms with Crippen molar-refractivity contribution in [3.8, 4) is 6.07 Å². The number of hydrogen-bond donors (Lipinski definition) is 1. The van der Waals surface area contributed by atoms with Gasteiger partial charge in [0.15, 0.2) is 5.84 Å². The Hall–Kier alpha value is -3.47. The molecule has 1 fully saturated rings. The van der Waals surface area contributed by atoms with Crippen molar-refractivity contribution in [3.63, 3.8) is 0 Å². The summed E-state index contributed by atoms with van der Waals surface area (Å²) in [7, 11) is 0. The van der Waals surface area contributed by atoms with Crippen LogP contribution in [0.2, 0.25) is 0 Å². The summed E-state index contributed by atoms with van der Waals surface area (Å²) < 4.78 is 27.0. The molecule has 0 spiro atoms. The predicted molar refractivity (Wildman–Crippen MR) is 130 cm³/mol. The number of piperazine rings is 1. The predicted octanol–water partition coefficient (Wildman–Crippen LogP) is 5.30. The highest BCUT2D eigenvalue weighted by Crippen LogP contribution is 2.28. The van der Waals surface area contributed by atoms with E-state index < -0.39 is 5.92 Å². The van der Waals surface area contributed by atoms with Crippen LogP contribution in [0.4, 0.5) is 14.5 Å². The number of carbonyl (C=O) groups excluding carboxylic acids is 1. The van der Waals surface area contributed by atoms with E-state index in [1.165, 1.54) is 25.1 Å². The smallest absolute Gasteiger partial charge is 0.270 e. The Morgan fingerprint density at radius 3 is 2.24 bits per heavy atom. The van der Waals surface area contributed by atoms with Gasteiger partial charge >= 0.3 is 0 Å². The van der Waals surface area contributed by atoms with Gasteiger partial charge in [-0.15, -0.1) is 0 Å². The highest BCUT2D eigenvalue weighted by Gasteiger charge is 2.25. The van der Waals surface area contributed by atoms with Crippen LogP contribution in [0.1, 0.15) is 39.7 Å². The molecule has 1 heterocycles. The van der Waals surface area contributed by atoms with E-state index in [-0.39, 0.29) is 11.5 Å². The minimum Gasteiger partial charge on any atom is -0.353 e. The zero-order valence-electron chi connectivity index (χ0n) is 19.8. The van der Waals surface area contributed by atoms with Crippen molar-refractivity contribution in [2.45, 2.75) is 40.0 Å². The first-order chi connectivity index (χ1) is 15.7. The molecular weight excluding hydrogens is 424 g/mol. The number of aliphatic imine (C=N–C) groups is 1. The minimum absolute atomic E-state index is 0.0279. The number of halogens is 2. The molecule has 33 heavy (non-hydrogen) atoms. The average molecular weight is 458 g/mol. The van der Waals surface area contributed by atoms with Crippen LogP contribution >= 0.6 is 0 Å². The molecule has 2 rings (SSSR count). The first-order valence-electron chi connectivity index (χ1n) is 10.8. The van der Waals surface area contributed by atoms with Gasteiger partial charge in [0, 0.05) is 57.5 Å². The summed E-state index contributed by atoms with van der Waals surface area (Å²) in [6.07, 6.45) is 7.70. The first-order valence-corrected chi connectivity index (χ1v) is 10.8. The molecule has 178 valence electrons. The van der Waals surface area contributed by atoms with Crippen LogP contribution in [0.15, 0.2) is 66.0 Å². The molecule has 0 aliphatic carbocycles. The van der Waals surface area contributed by atoms with E-state index in [9.17, 15) is 13.6 Å². The number of nitriles is 1.